The molecule has 1 aliphatic heterocycles. The first kappa shape index (κ1) is 22.6. The Balaban J connectivity index is 1.39. The topological polar surface area (TPSA) is 60.1 Å². The van der Waals surface area contributed by atoms with E-state index in [1.165, 1.54) is 16.9 Å². The Morgan fingerprint density at radius 2 is 1.57 bits per heavy atom. The zero-order valence-electron chi connectivity index (χ0n) is 18.6. The van der Waals surface area contributed by atoms with Gasteiger partial charge in [0.05, 0.1) is 11.8 Å². The molecule has 0 unspecified atom stereocenters. The Kier molecular flexibility index (Phi) is 5.98. The molecule has 5 rings (SSSR count). The summed E-state index contributed by atoms with van der Waals surface area (Å²) in [5.41, 5.74) is 0.220. The third-order valence-electron chi connectivity index (χ3n) is 6.25. The average molecular weight is 478 g/mol. The van der Waals surface area contributed by atoms with E-state index in [4.69, 9.17) is 0 Å². The number of aromatic nitrogens is 3. The van der Waals surface area contributed by atoms with E-state index in [0.717, 1.165) is 18.2 Å². The molecular weight excluding hydrogens is 457 g/mol. The molecular formula is C26H21F3N4O2. The standard InChI is InChI=1S/C26H21F3N4O2/c27-18-7-8-21(28)19(15-18)24(34)17-9-13-32(14-10-17)26(35)20-16-30-33(23-6-2-1-5-22(23)29)25(20)31-11-3-4-12-31/h1-8,11-12,15-17H,9-10,13-14H2. The molecule has 0 radical (unpaired) electrons. The molecule has 3 heterocycles. The number of rotatable bonds is 5. The Morgan fingerprint density at radius 3 is 2.29 bits per heavy atom. The molecule has 1 amide bonds. The van der Waals surface area contributed by atoms with E-state index < -0.39 is 29.2 Å². The number of nitrogens with zero attached hydrogens (tertiary/aromatic N) is 4. The lowest BCUT2D eigenvalue weighted by Crippen LogP contribution is -2.40. The summed E-state index contributed by atoms with van der Waals surface area (Å²) >= 11 is 0. The van der Waals surface area contributed by atoms with Gasteiger partial charge in [-0.25, -0.2) is 17.9 Å². The van der Waals surface area contributed by atoms with E-state index in [1.807, 2.05) is 0 Å². The highest BCUT2D eigenvalue weighted by Gasteiger charge is 2.32. The lowest BCUT2D eigenvalue weighted by atomic mass is 9.88. The first-order valence-corrected chi connectivity index (χ1v) is 11.2. The lowest BCUT2D eigenvalue weighted by molar-refractivity contribution is 0.0649. The van der Waals surface area contributed by atoms with Crippen molar-refractivity contribution < 1.29 is 22.8 Å². The fourth-order valence-electron chi connectivity index (χ4n) is 4.44. The SMILES string of the molecule is O=C(c1cc(F)ccc1F)C1CCN(C(=O)c2cnn(-c3ccccc3F)c2-n2cccc2)CC1. The number of piperidine rings is 1. The fourth-order valence-corrected chi connectivity index (χ4v) is 4.44. The minimum atomic E-state index is -0.758. The second-order valence-electron chi connectivity index (χ2n) is 8.39. The number of halogens is 3. The minimum Gasteiger partial charge on any atom is -0.338 e. The third kappa shape index (κ3) is 4.25. The van der Waals surface area contributed by atoms with Crippen molar-refractivity contribution in [3.8, 4) is 11.5 Å². The molecule has 0 N–H and O–H groups in total. The maximum atomic E-state index is 14.5. The predicted molar refractivity (Wildman–Crippen MR) is 122 cm³/mol. The summed E-state index contributed by atoms with van der Waals surface area (Å²) in [6, 6.07) is 12.6. The van der Waals surface area contributed by atoms with E-state index in [-0.39, 0.29) is 35.8 Å². The summed E-state index contributed by atoms with van der Waals surface area (Å²) in [7, 11) is 0. The van der Waals surface area contributed by atoms with Crippen molar-refractivity contribution in [3.63, 3.8) is 0 Å². The highest BCUT2D eigenvalue weighted by Crippen LogP contribution is 2.27. The van der Waals surface area contributed by atoms with Gasteiger partial charge in [0.15, 0.2) is 11.6 Å². The Bertz CT molecular complexity index is 1390. The number of Topliss-reactive ketones (excluding diaryl/α,β-unsaturated/α-hetero) is 1. The monoisotopic (exact) mass is 478 g/mol. The summed E-state index contributed by atoms with van der Waals surface area (Å²) < 4.78 is 45.2. The quantitative estimate of drug-likeness (QED) is 0.387. The summed E-state index contributed by atoms with van der Waals surface area (Å²) in [4.78, 5) is 27.8. The normalized spacial score (nSPS) is 14.3. The zero-order valence-corrected chi connectivity index (χ0v) is 18.6. The number of ketones is 1. The van der Waals surface area contributed by atoms with Crippen molar-refractivity contribution >= 4 is 11.7 Å². The molecule has 0 bridgehead atoms. The largest absolute Gasteiger partial charge is 0.338 e. The number of para-hydroxylation sites is 1. The molecule has 0 atom stereocenters. The number of carbonyl (C=O) groups is 2. The molecule has 0 aliphatic carbocycles. The smallest absolute Gasteiger partial charge is 0.259 e. The molecule has 6 nitrogen and oxygen atoms in total. The van der Waals surface area contributed by atoms with Crippen molar-refractivity contribution in [1.82, 2.24) is 19.2 Å². The number of amides is 1. The van der Waals surface area contributed by atoms with Gasteiger partial charge in [-0.3, -0.25) is 9.59 Å². The highest BCUT2D eigenvalue weighted by molar-refractivity contribution is 5.99. The molecule has 2 aromatic carbocycles. The predicted octanol–water partition coefficient (Wildman–Crippen LogP) is 4.82. The molecule has 9 heteroatoms. The maximum Gasteiger partial charge on any atom is 0.259 e. The van der Waals surface area contributed by atoms with Gasteiger partial charge in [-0.2, -0.15) is 5.10 Å². The second-order valence-corrected chi connectivity index (χ2v) is 8.39. The van der Waals surface area contributed by atoms with Gasteiger partial charge in [-0.15, -0.1) is 0 Å². The van der Waals surface area contributed by atoms with Crippen LogP contribution in [0.5, 0.6) is 0 Å². The second kappa shape index (κ2) is 9.25. The van der Waals surface area contributed by atoms with Crippen LogP contribution in [0.15, 0.2) is 73.2 Å². The van der Waals surface area contributed by atoms with Crippen molar-refractivity contribution in [2.24, 2.45) is 5.92 Å². The van der Waals surface area contributed by atoms with Gasteiger partial charge in [0.2, 0.25) is 0 Å². The maximum absolute atomic E-state index is 14.5. The molecule has 178 valence electrons. The highest BCUT2D eigenvalue weighted by atomic mass is 19.1. The van der Waals surface area contributed by atoms with E-state index in [2.05, 4.69) is 5.10 Å². The summed E-state index contributed by atoms with van der Waals surface area (Å²) in [5.74, 6) is -2.80. The van der Waals surface area contributed by atoms with Crippen LogP contribution in [-0.4, -0.2) is 44.0 Å². The molecule has 2 aromatic heterocycles. The summed E-state index contributed by atoms with van der Waals surface area (Å²) in [6.45, 7) is 0.532. The van der Waals surface area contributed by atoms with Gasteiger partial charge in [-0.1, -0.05) is 12.1 Å². The molecule has 1 saturated heterocycles. The van der Waals surface area contributed by atoms with E-state index >= 15 is 0 Å². The van der Waals surface area contributed by atoms with Gasteiger partial charge < -0.3 is 9.47 Å². The van der Waals surface area contributed by atoms with Crippen LogP contribution in [0.25, 0.3) is 11.5 Å². The first-order chi connectivity index (χ1) is 16.9. The Labute approximate surface area is 199 Å². The van der Waals surface area contributed by atoms with Crippen LogP contribution in [0.1, 0.15) is 33.6 Å². The van der Waals surface area contributed by atoms with Gasteiger partial charge in [0.1, 0.15) is 28.7 Å². The molecule has 35 heavy (non-hydrogen) atoms. The number of hydrogen-bond acceptors (Lipinski definition) is 3. The molecule has 1 aliphatic rings. The van der Waals surface area contributed by atoms with Crippen molar-refractivity contribution in [2.45, 2.75) is 12.8 Å². The van der Waals surface area contributed by atoms with E-state index in [1.54, 1.807) is 52.2 Å². The minimum absolute atomic E-state index is 0.205. The van der Waals surface area contributed by atoms with Crippen molar-refractivity contribution in [1.29, 1.82) is 0 Å². The third-order valence-corrected chi connectivity index (χ3v) is 6.25. The molecule has 4 aromatic rings. The van der Waals surface area contributed by atoms with Crippen LogP contribution < -0.4 is 0 Å². The first-order valence-electron chi connectivity index (χ1n) is 11.2. The van der Waals surface area contributed by atoms with Gasteiger partial charge in [-0.05, 0) is 55.3 Å². The lowest BCUT2D eigenvalue weighted by Gasteiger charge is -2.31. The zero-order chi connectivity index (χ0) is 24.5. The van der Waals surface area contributed by atoms with E-state index in [9.17, 15) is 22.8 Å². The van der Waals surface area contributed by atoms with E-state index in [0.29, 0.717) is 18.7 Å². The van der Waals surface area contributed by atoms with Crippen LogP contribution >= 0.6 is 0 Å². The van der Waals surface area contributed by atoms with Crippen LogP contribution in [-0.2, 0) is 0 Å². The van der Waals surface area contributed by atoms with Gasteiger partial charge >= 0.3 is 0 Å². The fraction of sp³-hybridized carbons (Fsp3) is 0.192. The van der Waals surface area contributed by atoms with Gasteiger partial charge in [0.25, 0.3) is 5.91 Å². The number of carbonyl (C=O) groups excluding carboxylic acids is 2. The summed E-state index contributed by atoms with van der Waals surface area (Å²) in [5, 5.41) is 4.30. The summed E-state index contributed by atoms with van der Waals surface area (Å²) in [6.07, 6.45) is 5.53. The van der Waals surface area contributed by atoms with Crippen molar-refractivity contribution in [3.05, 3.63) is 102 Å². The van der Waals surface area contributed by atoms with Crippen LogP contribution in [0.2, 0.25) is 0 Å². The van der Waals surface area contributed by atoms with Crippen LogP contribution in [0.3, 0.4) is 0 Å². The van der Waals surface area contributed by atoms with Crippen LogP contribution in [0.4, 0.5) is 13.2 Å². The van der Waals surface area contributed by atoms with Gasteiger partial charge in [0, 0.05) is 31.4 Å². The number of benzene rings is 2. The Hall–Kier alpha value is -4.14. The molecule has 1 fully saturated rings. The van der Waals surface area contributed by atoms with Crippen LogP contribution in [0, 0.1) is 23.4 Å². The molecule has 0 saturated carbocycles. The number of hydrogen-bond donors (Lipinski definition) is 0. The average Bonchev–Trinajstić information content (AvgIpc) is 3.55. The number of likely N-dealkylation sites (tertiary alicyclic amines) is 1. The Morgan fingerprint density at radius 1 is 0.857 bits per heavy atom. The van der Waals surface area contributed by atoms with Crippen molar-refractivity contribution in [2.75, 3.05) is 13.1 Å². The molecule has 0 spiro atoms.